The average Bonchev–Trinajstić information content (AvgIpc) is 2.69. The molecule has 4 heteroatoms. The predicted molar refractivity (Wildman–Crippen MR) is 90.3 cm³/mol. The van der Waals surface area contributed by atoms with Gasteiger partial charge in [0, 0.05) is 17.1 Å². The summed E-state index contributed by atoms with van der Waals surface area (Å²) < 4.78 is 6.89. The molecular formula is C17H19BrN2O. The van der Waals surface area contributed by atoms with Crippen LogP contribution in [0.25, 0.3) is 0 Å². The first kappa shape index (κ1) is 14.4. The second-order valence-corrected chi connectivity index (χ2v) is 6.18. The molecule has 2 aromatic carbocycles. The number of nitrogens with zero attached hydrogens (tertiary/aromatic N) is 1. The Labute approximate surface area is 133 Å². The highest BCUT2D eigenvalue weighted by Crippen LogP contribution is 2.39. The SMILES string of the molecule is C[C@H](N)c1ccc(N2CCCOc3ccccc32)c(Br)c1. The van der Waals surface area contributed by atoms with Crippen LogP contribution in [0, 0.1) is 0 Å². The maximum Gasteiger partial charge on any atom is 0.142 e. The van der Waals surface area contributed by atoms with Gasteiger partial charge in [0.05, 0.1) is 18.0 Å². The van der Waals surface area contributed by atoms with E-state index in [4.69, 9.17) is 10.5 Å². The molecule has 1 aliphatic heterocycles. The number of fused-ring (bicyclic) bond motifs is 1. The highest BCUT2D eigenvalue weighted by Gasteiger charge is 2.19. The lowest BCUT2D eigenvalue weighted by Gasteiger charge is -2.25. The molecule has 0 unspecified atom stereocenters. The number of anilines is 2. The zero-order valence-corrected chi connectivity index (χ0v) is 13.6. The van der Waals surface area contributed by atoms with Crippen molar-refractivity contribution in [3.8, 4) is 5.75 Å². The van der Waals surface area contributed by atoms with Crippen LogP contribution in [-0.2, 0) is 0 Å². The maximum atomic E-state index is 5.96. The minimum atomic E-state index is 0.0371. The molecule has 0 saturated carbocycles. The molecule has 0 saturated heterocycles. The monoisotopic (exact) mass is 346 g/mol. The van der Waals surface area contributed by atoms with Crippen LogP contribution >= 0.6 is 15.9 Å². The summed E-state index contributed by atoms with van der Waals surface area (Å²) in [5.74, 6) is 0.943. The molecule has 0 aromatic heterocycles. The second kappa shape index (κ2) is 6.08. The first-order valence-corrected chi connectivity index (χ1v) is 8.00. The molecule has 2 N–H and O–H groups in total. The van der Waals surface area contributed by atoms with Gasteiger partial charge in [0.2, 0.25) is 0 Å². The first-order valence-electron chi connectivity index (χ1n) is 7.21. The summed E-state index contributed by atoms with van der Waals surface area (Å²) in [6, 6.07) is 14.6. The fourth-order valence-electron chi connectivity index (χ4n) is 2.60. The van der Waals surface area contributed by atoms with Crippen molar-refractivity contribution in [1.29, 1.82) is 0 Å². The lowest BCUT2D eigenvalue weighted by Crippen LogP contribution is -2.18. The summed E-state index contributed by atoms with van der Waals surface area (Å²) in [5, 5.41) is 0. The van der Waals surface area contributed by atoms with E-state index < -0.39 is 0 Å². The van der Waals surface area contributed by atoms with E-state index in [-0.39, 0.29) is 6.04 Å². The summed E-state index contributed by atoms with van der Waals surface area (Å²) in [7, 11) is 0. The summed E-state index contributed by atoms with van der Waals surface area (Å²) in [4.78, 5) is 2.30. The zero-order valence-electron chi connectivity index (χ0n) is 12.1. The van der Waals surface area contributed by atoms with Crippen LogP contribution in [0.15, 0.2) is 46.9 Å². The fraction of sp³-hybridized carbons (Fsp3) is 0.294. The van der Waals surface area contributed by atoms with Gasteiger partial charge < -0.3 is 15.4 Å². The number of ether oxygens (including phenoxy) is 1. The third-order valence-corrected chi connectivity index (χ3v) is 4.36. The average molecular weight is 347 g/mol. The fourth-order valence-corrected chi connectivity index (χ4v) is 3.21. The van der Waals surface area contributed by atoms with E-state index in [1.165, 1.54) is 0 Å². The smallest absolute Gasteiger partial charge is 0.142 e. The van der Waals surface area contributed by atoms with E-state index in [0.29, 0.717) is 0 Å². The van der Waals surface area contributed by atoms with E-state index in [0.717, 1.165) is 46.7 Å². The van der Waals surface area contributed by atoms with Crippen molar-refractivity contribution >= 4 is 27.3 Å². The van der Waals surface area contributed by atoms with Crippen LogP contribution in [0.5, 0.6) is 5.75 Å². The Morgan fingerprint density at radius 1 is 1.19 bits per heavy atom. The van der Waals surface area contributed by atoms with E-state index in [2.05, 4.69) is 45.1 Å². The lowest BCUT2D eigenvalue weighted by molar-refractivity contribution is 0.322. The Morgan fingerprint density at radius 2 is 2.00 bits per heavy atom. The normalized spacial score (nSPS) is 15.9. The van der Waals surface area contributed by atoms with Gasteiger partial charge in [0.25, 0.3) is 0 Å². The van der Waals surface area contributed by atoms with Gasteiger partial charge in [0.1, 0.15) is 5.75 Å². The maximum absolute atomic E-state index is 5.96. The van der Waals surface area contributed by atoms with Crippen LogP contribution in [0.3, 0.4) is 0 Å². The van der Waals surface area contributed by atoms with Crippen LogP contribution in [0.4, 0.5) is 11.4 Å². The second-order valence-electron chi connectivity index (χ2n) is 5.32. The van der Waals surface area contributed by atoms with Crippen LogP contribution in [-0.4, -0.2) is 13.2 Å². The van der Waals surface area contributed by atoms with Crippen molar-refractivity contribution < 1.29 is 4.74 Å². The van der Waals surface area contributed by atoms with Gasteiger partial charge in [0.15, 0.2) is 0 Å². The Hall–Kier alpha value is -1.52. The largest absolute Gasteiger partial charge is 0.491 e. The Morgan fingerprint density at radius 3 is 2.76 bits per heavy atom. The van der Waals surface area contributed by atoms with Crippen molar-refractivity contribution in [3.05, 3.63) is 52.5 Å². The number of benzene rings is 2. The van der Waals surface area contributed by atoms with Gasteiger partial charge in [-0.2, -0.15) is 0 Å². The molecule has 0 radical (unpaired) electrons. The molecule has 2 aromatic rings. The number of hydrogen-bond donors (Lipinski definition) is 1. The highest BCUT2D eigenvalue weighted by atomic mass is 79.9. The molecule has 0 aliphatic carbocycles. The highest BCUT2D eigenvalue weighted by molar-refractivity contribution is 9.10. The molecule has 3 rings (SSSR count). The lowest BCUT2D eigenvalue weighted by atomic mass is 10.1. The predicted octanol–water partition coefficient (Wildman–Crippen LogP) is 4.39. The summed E-state index contributed by atoms with van der Waals surface area (Å²) in [6.45, 7) is 3.69. The standard InChI is InChI=1S/C17H19BrN2O/c1-12(19)13-7-8-15(14(18)11-13)20-9-4-10-21-17-6-3-2-5-16(17)20/h2-3,5-8,11-12H,4,9-10,19H2,1H3/t12-/m0/s1. The number of para-hydroxylation sites is 2. The molecule has 0 bridgehead atoms. The van der Waals surface area contributed by atoms with Crippen molar-refractivity contribution in [2.45, 2.75) is 19.4 Å². The number of rotatable bonds is 2. The Bertz CT molecular complexity index is 642. The minimum Gasteiger partial charge on any atom is -0.491 e. The number of hydrogen-bond acceptors (Lipinski definition) is 3. The molecular weight excluding hydrogens is 328 g/mol. The minimum absolute atomic E-state index is 0.0371. The van der Waals surface area contributed by atoms with Crippen molar-refractivity contribution in [1.82, 2.24) is 0 Å². The van der Waals surface area contributed by atoms with Gasteiger partial charge >= 0.3 is 0 Å². The van der Waals surface area contributed by atoms with Crippen molar-refractivity contribution in [2.24, 2.45) is 5.73 Å². The van der Waals surface area contributed by atoms with Gasteiger partial charge in [-0.15, -0.1) is 0 Å². The Balaban J connectivity index is 2.04. The summed E-state index contributed by atoms with van der Waals surface area (Å²) >= 11 is 3.69. The molecule has 0 fully saturated rings. The van der Waals surface area contributed by atoms with Gasteiger partial charge in [-0.25, -0.2) is 0 Å². The van der Waals surface area contributed by atoms with Gasteiger partial charge in [-0.1, -0.05) is 18.2 Å². The molecule has 21 heavy (non-hydrogen) atoms. The van der Waals surface area contributed by atoms with Crippen LogP contribution < -0.4 is 15.4 Å². The molecule has 110 valence electrons. The molecule has 1 atom stereocenters. The Kier molecular flexibility index (Phi) is 4.17. The summed E-state index contributed by atoms with van der Waals surface area (Å²) in [6.07, 6.45) is 0.996. The van der Waals surface area contributed by atoms with Crippen LogP contribution in [0.1, 0.15) is 24.9 Å². The quantitative estimate of drug-likeness (QED) is 0.876. The third-order valence-electron chi connectivity index (χ3n) is 3.73. The molecule has 1 aliphatic rings. The third kappa shape index (κ3) is 2.92. The zero-order chi connectivity index (χ0) is 14.8. The van der Waals surface area contributed by atoms with Gasteiger partial charge in [-0.05, 0) is 59.1 Å². The summed E-state index contributed by atoms with van der Waals surface area (Å²) in [5.41, 5.74) is 9.35. The molecule has 0 spiro atoms. The molecule has 1 heterocycles. The van der Waals surface area contributed by atoms with E-state index in [9.17, 15) is 0 Å². The van der Waals surface area contributed by atoms with Crippen molar-refractivity contribution in [3.63, 3.8) is 0 Å². The molecule has 3 nitrogen and oxygen atoms in total. The van der Waals surface area contributed by atoms with Crippen LogP contribution in [0.2, 0.25) is 0 Å². The van der Waals surface area contributed by atoms with Crippen molar-refractivity contribution in [2.75, 3.05) is 18.1 Å². The topological polar surface area (TPSA) is 38.5 Å². The van der Waals surface area contributed by atoms with E-state index >= 15 is 0 Å². The molecule has 0 amide bonds. The first-order chi connectivity index (χ1) is 10.2. The van der Waals surface area contributed by atoms with E-state index in [1.807, 2.05) is 25.1 Å². The van der Waals surface area contributed by atoms with E-state index in [1.54, 1.807) is 0 Å². The number of halogens is 1. The number of nitrogens with two attached hydrogens (primary N) is 1. The van der Waals surface area contributed by atoms with Gasteiger partial charge in [-0.3, -0.25) is 0 Å².